The van der Waals surface area contributed by atoms with Gasteiger partial charge in [0.1, 0.15) is 0 Å². The second-order valence-corrected chi connectivity index (χ2v) is 5.57. The number of carbonyl (C=O) groups excluding carboxylic acids is 2. The Kier molecular flexibility index (Phi) is 5.00. The van der Waals surface area contributed by atoms with E-state index >= 15 is 0 Å². The molecule has 0 bridgehead atoms. The molecule has 0 unspecified atom stereocenters. The fraction of sp³-hybridized carbons (Fsp3) is 0.0769. The predicted molar refractivity (Wildman–Crippen MR) is 81.7 cm³/mol. The summed E-state index contributed by atoms with van der Waals surface area (Å²) >= 11 is 13.2. The molecule has 0 spiro atoms. The lowest BCUT2D eigenvalue weighted by molar-refractivity contribution is -0.115. The quantitative estimate of drug-likeness (QED) is 0.903. The molecule has 1 heterocycles. The Morgan fingerprint density at radius 3 is 2.40 bits per heavy atom. The highest BCUT2D eigenvalue weighted by Crippen LogP contribution is 2.29. The number of para-hydroxylation sites is 1. The van der Waals surface area contributed by atoms with Gasteiger partial charge in [-0.15, -0.1) is 11.3 Å². The number of anilines is 1. The molecule has 1 aromatic heterocycles. The third kappa shape index (κ3) is 3.72. The topological polar surface area (TPSA) is 58.2 Å². The molecule has 4 nitrogen and oxygen atoms in total. The lowest BCUT2D eigenvalue weighted by Crippen LogP contribution is -2.32. The summed E-state index contributed by atoms with van der Waals surface area (Å²) in [5, 5.41) is 7.56. The second kappa shape index (κ2) is 6.74. The van der Waals surface area contributed by atoms with Crippen LogP contribution in [0.15, 0.2) is 35.7 Å². The van der Waals surface area contributed by atoms with Gasteiger partial charge in [-0.25, -0.2) is 0 Å². The largest absolute Gasteiger partial charge is 0.342 e. The SMILES string of the molecule is O=C(CNC(=O)c1cccs1)Nc1c(Cl)cccc1Cl. The van der Waals surface area contributed by atoms with E-state index in [2.05, 4.69) is 10.6 Å². The number of hydrogen-bond donors (Lipinski definition) is 2. The molecular formula is C13H10Cl2N2O2S. The molecule has 7 heteroatoms. The average Bonchev–Trinajstić information content (AvgIpc) is 2.94. The normalized spacial score (nSPS) is 10.1. The van der Waals surface area contributed by atoms with E-state index in [-0.39, 0.29) is 12.5 Å². The summed E-state index contributed by atoms with van der Waals surface area (Å²) in [5.74, 6) is -0.690. The fourth-order valence-electron chi connectivity index (χ4n) is 1.46. The first-order valence-electron chi connectivity index (χ1n) is 5.63. The summed E-state index contributed by atoms with van der Waals surface area (Å²) in [6.07, 6.45) is 0. The minimum Gasteiger partial charge on any atom is -0.342 e. The molecule has 20 heavy (non-hydrogen) atoms. The third-order valence-corrected chi connectivity index (χ3v) is 3.88. The van der Waals surface area contributed by atoms with Crippen molar-refractivity contribution in [3.05, 3.63) is 50.6 Å². The van der Waals surface area contributed by atoms with Crippen molar-refractivity contribution in [1.29, 1.82) is 0 Å². The Bertz CT molecular complexity index is 609. The van der Waals surface area contributed by atoms with Crippen LogP contribution < -0.4 is 10.6 Å². The average molecular weight is 329 g/mol. The van der Waals surface area contributed by atoms with Crippen LogP contribution in [0.2, 0.25) is 10.0 Å². The van der Waals surface area contributed by atoms with E-state index in [1.165, 1.54) is 11.3 Å². The van der Waals surface area contributed by atoms with E-state index in [1.807, 2.05) is 0 Å². The molecule has 2 rings (SSSR count). The smallest absolute Gasteiger partial charge is 0.261 e. The van der Waals surface area contributed by atoms with Gasteiger partial charge in [0.25, 0.3) is 5.91 Å². The van der Waals surface area contributed by atoms with Crippen LogP contribution in [0.25, 0.3) is 0 Å². The highest BCUT2D eigenvalue weighted by atomic mass is 35.5. The van der Waals surface area contributed by atoms with Gasteiger partial charge in [-0.2, -0.15) is 0 Å². The van der Waals surface area contributed by atoms with Crippen molar-refractivity contribution in [2.24, 2.45) is 0 Å². The first-order valence-corrected chi connectivity index (χ1v) is 7.27. The molecule has 0 radical (unpaired) electrons. The number of carbonyl (C=O) groups is 2. The van der Waals surface area contributed by atoms with Gasteiger partial charge < -0.3 is 10.6 Å². The Hall–Kier alpha value is -1.56. The number of halogens is 2. The van der Waals surface area contributed by atoms with Crippen LogP contribution in [0.3, 0.4) is 0 Å². The van der Waals surface area contributed by atoms with Crippen LogP contribution in [-0.2, 0) is 4.79 Å². The second-order valence-electron chi connectivity index (χ2n) is 3.80. The zero-order chi connectivity index (χ0) is 14.5. The van der Waals surface area contributed by atoms with Crippen molar-refractivity contribution >= 4 is 52.0 Å². The highest BCUT2D eigenvalue weighted by molar-refractivity contribution is 7.12. The van der Waals surface area contributed by atoms with Gasteiger partial charge in [-0.3, -0.25) is 9.59 Å². The van der Waals surface area contributed by atoms with Gasteiger partial charge in [0.2, 0.25) is 5.91 Å². The minimum absolute atomic E-state index is 0.154. The summed E-state index contributed by atoms with van der Waals surface area (Å²) < 4.78 is 0. The number of benzene rings is 1. The number of amides is 2. The lowest BCUT2D eigenvalue weighted by Gasteiger charge is -2.09. The molecule has 0 saturated carbocycles. The molecule has 0 atom stereocenters. The van der Waals surface area contributed by atoms with Crippen molar-refractivity contribution in [2.75, 3.05) is 11.9 Å². The van der Waals surface area contributed by atoms with Crippen molar-refractivity contribution in [1.82, 2.24) is 5.32 Å². The number of hydrogen-bond acceptors (Lipinski definition) is 3. The molecule has 2 aromatic rings. The number of rotatable bonds is 4. The standard InChI is InChI=1S/C13H10Cl2N2O2S/c14-8-3-1-4-9(15)12(8)17-11(18)7-16-13(19)10-5-2-6-20-10/h1-6H,7H2,(H,16,19)(H,17,18). The molecule has 0 fully saturated rings. The van der Waals surface area contributed by atoms with E-state index in [0.29, 0.717) is 20.6 Å². The van der Waals surface area contributed by atoms with Gasteiger partial charge in [-0.05, 0) is 23.6 Å². The maximum Gasteiger partial charge on any atom is 0.261 e. The Labute approximate surface area is 129 Å². The molecule has 0 aliphatic heterocycles. The summed E-state index contributed by atoms with van der Waals surface area (Å²) in [6, 6.07) is 8.37. The fourth-order valence-corrected chi connectivity index (χ4v) is 2.59. The third-order valence-electron chi connectivity index (χ3n) is 2.38. The van der Waals surface area contributed by atoms with Crippen molar-refractivity contribution in [2.45, 2.75) is 0 Å². The van der Waals surface area contributed by atoms with Gasteiger partial charge >= 0.3 is 0 Å². The van der Waals surface area contributed by atoms with Crippen molar-refractivity contribution < 1.29 is 9.59 Å². The minimum atomic E-state index is -0.398. The van der Waals surface area contributed by atoms with Gasteiger partial charge in [0.15, 0.2) is 0 Å². The van der Waals surface area contributed by atoms with E-state index in [0.717, 1.165) is 0 Å². The molecule has 2 N–H and O–H groups in total. The van der Waals surface area contributed by atoms with E-state index in [1.54, 1.807) is 35.7 Å². The summed E-state index contributed by atoms with van der Waals surface area (Å²) in [4.78, 5) is 24.0. The van der Waals surface area contributed by atoms with E-state index in [4.69, 9.17) is 23.2 Å². The zero-order valence-electron chi connectivity index (χ0n) is 10.2. The maximum atomic E-state index is 11.8. The molecule has 2 amide bonds. The predicted octanol–water partition coefficient (Wildman–Crippen LogP) is 3.42. The molecule has 104 valence electrons. The Morgan fingerprint density at radius 2 is 1.80 bits per heavy atom. The Balaban J connectivity index is 1.92. The van der Waals surface area contributed by atoms with Gasteiger partial charge in [0.05, 0.1) is 27.2 Å². The Morgan fingerprint density at radius 1 is 1.10 bits per heavy atom. The van der Waals surface area contributed by atoms with Crippen LogP contribution in [0.1, 0.15) is 9.67 Å². The van der Waals surface area contributed by atoms with Crippen LogP contribution in [0.4, 0.5) is 5.69 Å². The first-order chi connectivity index (χ1) is 9.58. The molecular weight excluding hydrogens is 319 g/mol. The molecule has 1 aromatic carbocycles. The number of thiophene rings is 1. The van der Waals surface area contributed by atoms with E-state index < -0.39 is 5.91 Å². The summed E-state index contributed by atoms with van der Waals surface area (Å²) in [5.41, 5.74) is 0.339. The van der Waals surface area contributed by atoms with Crippen molar-refractivity contribution in [3.63, 3.8) is 0 Å². The van der Waals surface area contributed by atoms with Crippen molar-refractivity contribution in [3.8, 4) is 0 Å². The molecule has 0 aliphatic rings. The summed E-state index contributed by atoms with van der Waals surface area (Å²) in [7, 11) is 0. The summed E-state index contributed by atoms with van der Waals surface area (Å²) in [6.45, 7) is -0.154. The van der Waals surface area contributed by atoms with Crippen LogP contribution in [0.5, 0.6) is 0 Å². The molecule has 0 saturated heterocycles. The maximum absolute atomic E-state index is 11.8. The first kappa shape index (κ1) is 14.8. The zero-order valence-corrected chi connectivity index (χ0v) is 12.5. The van der Waals surface area contributed by atoms with Gasteiger partial charge in [-0.1, -0.05) is 35.3 Å². The van der Waals surface area contributed by atoms with E-state index in [9.17, 15) is 9.59 Å². The van der Waals surface area contributed by atoms with Gasteiger partial charge in [0, 0.05) is 0 Å². The monoisotopic (exact) mass is 328 g/mol. The van der Waals surface area contributed by atoms with Crippen LogP contribution >= 0.6 is 34.5 Å². The van der Waals surface area contributed by atoms with Crippen LogP contribution in [-0.4, -0.2) is 18.4 Å². The number of nitrogens with one attached hydrogen (secondary N) is 2. The van der Waals surface area contributed by atoms with Crippen LogP contribution in [0, 0.1) is 0 Å². The molecule has 0 aliphatic carbocycles. The highest BCUT2D eigenvalue weighted by Gasteiger charge is 2.11. The lowest BCUT2D eigenvalue weighted by atomic mass is 10.3.